The highest BCUT2D eigenvalue weighted by molar-refractivity contribution is 7.13. The molecule has 1 unspecified atom stereocenters. The SMILES string of the molecule is CC/C(=C(\c1ccccc1)c1ccc(OCCN(C)C(=O)COCCC#CCOCC(=O)NC(C(=O)N2C[C@H](O)C[C@H]2C(=O)NCc2ccc(-c3scnc3C)cc2)C(C)C)cc1)c1ccccc1. The fourth-order valence-electron chi connectivity index (χ4n) is 8.03. The third-order valence-corrected chi connectivity index (χ3v) is 12.8. The van der Waals surface area contributed by atoms with Gasteiger partial charge in [0.2, 0.25) is 23.6 Å². The molecule has 4 amide bonds. The van der Waals surface area contributed by atoms with E-state index in [1.807, 2.05) is 61.0 Å². The van der Waals surface area contributed by atoms with Gasteiger partial charge in [0.05, 0.1) is 35.3 Å². The molecule has 0 spiro atoms. The van der Waals surface area contributed by atoms with Gasteiger partial charge in [0.25, 0.3) is 0 Å². The summed E-state index contributed by atoms with van der Waals surface area (Å²) in [4.78, 5) is 61.0. The van der Waals surface area contributed by atoms with Crippen molar-refractivity contribution in [1.29, 1.82) is 0 Å². The zero-order valence-electron chi connectivity index (χ0n) is 40.1. The lowest BCUT2D eigenvalue weighted by molar-refractivity contribution is -0.143. The van der Waals surface area contributed by atoms with Gasteiger partial charge in [-0.3, -0.25) is 19.2 Å². The summed E-state index contributed by atoms with van der Waals surface area (Å²) in [5.74, 6) is 4.65. The highest BCUT2D eigenvalue weighted by Crippen LogP contribution is 2.35. The smallest absolute Gasteiger partial charge is 0.248 e. The minimum atomic E-state index is -0.934. The maximum atomic E-state index is 13.7. The Labute approximate surface area is 409 Å². The van der Waals surface area contributed by atoms with Crippen LogP contribution >= 0.6 is 11.3 Å². The van der Waals surface area contributed by atoms with Crippen LogP contribution in [0.25, 0.3) is 21.6 Å². The number of thiazole rings is 1. The van der Waals surface area contributed by atoms with Crippen molar-refractivity contribution in [3.63, 3.8) is 0 Å². The fourth-order valence-corrected chi connectivity index (χ4v) is 8.84. The maximum absolute atomic E-state index is 13.7. The highest BCUT2D eigenvalue weighted by atomic mass is 32.1. The number of likely N-dealkylation sites (tertiary alicyclic amines) is 1. The zero-order valence-corrected chi connectivity index (χ0v) is 40.9. The number of nitrogens with zero attached hydrogens (tertiary/aromatic N) is 3. The Kier molecular flexibility index (Phi) is 19.7. The minimum Gasteiger partial charge on any atom is -0.492 e. The molecule has 1 aliphatic heterocycles. The van der Waals surface area contributed by atoms with Crippen LogP contribution in [-0.2, 0) is 35.2 Å². The number of aryl methyl sites for hydroxylation is 1. The highest BCUT2D eigenvalue weighted by Gasteiger charge is 2.42. The number of aliphatic hydroxyl groups excluding tert-OH is 1. The summed E-state index contributed by atoms with van der Waals surface area (Å²) >= 11 is 1.57. The summed E-state index contributed by atoms with van der Waals surface area (Å²) in [6, 6.07) is 35.0. The predicted octanol–water partition coefficient (Wildman–Crippen LogP) is 7.17. The molecule has 1 aliphatic rings. The first kappa shape index (κ1) is 51.8. The van der Waals surface area contributed by atoms with E-state index in [0.717, 1.165) is 39.2 Å². The lowest BCUT2D eigenvalue weighted by atomic mass is 9.88. The molecule has 362 valence electrons. The fraction of sp³-hybridized carbons (Fsp3) is 0.364. The van der Waals surface area contributed by atoms with E-state index in [9.17, 15) is 24.3 Å². The number of ether oxygens (including phenoxy) is 3. The summed E-state index contributed by atoms with van der Waals surface area (Å²) in [7, 11) is 1.71. The van der Waals surface area contributed by atoms with Crippen molar-refractivity contribution in [2.45, 2.75) is 71.7 Å². The summed E-state index contributed by atoms with van der Waals surface area (Å²) in [6.45, 7) is 8.47. The van der Waals surface area contributed by atoms with Gasteiger partial charge in [0, 0.05) is 33.0 Å². The minimum absolute atomic E-state index is 0.0179. The summed E-state index contributed by atoms with van der Waals surface area (Å²) in [6.07, 6.45) is 0.458. The van der Waals surface area contributed by atoms with Crippen molar-refractivity contribution in [2.24, 2.45) is 5.92 Å². The number of likely N-dealkylation sites (N-methyl/N-ethyl adjacent to an activating group) is 1. The number of β-amino-alcohol motifs (C(OH)–C–C–N with tert-alkyl or cyclic N) is 1. The molecular weight excluding hydrogens is 891 g/mol. The van der Waals surface area contributed by atoms with Crippen molar-refractivity contribution in [3.05, 3.63) is 143 Å². The number of aromatic nitrogens is 1. The van der Waals surface area contributed by atoms with Crippen molar-refractivity contribution in [3.8, 4) is 28.0 Å². The summed E-state index contributed by atoms with van der Waals surface area (Å²) in [5, 5.41) is 16.1. The molecular formula is C55H63N5O8S. The lowest BCUT2D eigenvalue weighted by Gasteiger charge is -2.30. The third kappa shape index (κ3) is 14.9. The van der Waals surface area contributed by atoms with Gasteiger partial charge in [-0.25, -0.2) is 4.98 Å². The molecule has 1 saturated heterocycles. The molecule has 0 bridgehead atoms. The van der Waals surface area contributed by atoms with Crippen LogP contribution in [0.2, 0.25) is 0 Å². The number of amides is 4. The van der Waals surface area contributed by atoms with Crippen LogP contribution in [0, 0.1) is 24.7 Å². The molecule has 1 aromatic heterocycles. The van der Waals surface area contributed by atoms with Crippen molar-refractivity contribution >= 4 is 46.1 Å². The molecule has 14 heteroatoms. The van der Waals surface area contributed by atoms with Crippen molar-refractivity contribution < 1.29 is 38.5 Å². The zero-order chi connectivity index (χ0) is 49.1. The standard InChI is InChI=1S/C55H63N5O8S/c1-6-47(41-16-10-7-11-17-41)51(42-18-12-8-13-19-42)43-24-26-46(27-25-43)68-31-28-59(5)50(63)36-67-30-15-9-14-29-66-35-49(62)58-52(38(2)3)55(65)60-34-45(61)32-48(60)54(64)56-33-40-20-22-44(23-21-40)53-39(4)57-37-69-53/h7-8,10-13,16-27,37-38,45,48,52,61H,6,15,28-36H2,1-5H3,(H,56,64)(H,58,62)/b51-47-/t45-,48+,52?/m1/s1. The van der Waals surface area contributed by atoms with E-state index in [1.54, 1.807) is 37.1 Å². The van der Waals surface area contributed by atoms with E-state index in [0.29, 0.717) is 25.3 Å². The average Bonchev–Trinajstić information content (AvgIpc) is 3.99. The second kappa shape index (κ2) is 26.2. The van der Waals surface area contributed by atoms with E-state index in [1.165, 1.54) is 21.6 Å². The predicted molar refractivity (Wildman–Crippen MR) is 270 cm³/mol. The van der Waals surface area contributed by atoms with E-state index >= 15 is 0 Å². The molecule has 2 heterocycles. The number of carbonyl (C=O) groups excluding carboxylic acids is 4. The van der Waals surface area contributed by atoms with E-state index in [4.69, 9.17) is 14.2 Å². The van der Waals surface area contributed by atoms with Gasteiger partial charge in [-0.1, -0.05) is 130 Å². The number of allylic oxidation sites excluding steroid dienone is 1. The molecule has 6 rings (SSSR count). The van der Waals surface area contributed by atoms with Crippen LogP contribution in [0.1, 0.15) is 68.0 Å². The first-order valence-corrected chi connectivity index (χ1v) is 24.3. The van der Waals surface area contributed by atoms with Crippen LogP contribution in [0.4, 0.5) is 0 Å². The Morgan fingerprint density at radius 3 is 2.20 bits per heavy atom. The molecule has 5 aromatic rings. The van der Waals surface area contributed by atoms with Crippen molar-refractivity contribution in [1.82, 2.24) is 25.4 Å². The molecule has 3 N–H and O–H groups in total. The van der Waals surface area contributed by atoms with E-state index in [-0.39, 0.29) is 63.7 Å². The lowest BCUT2D eigenvalue weighted by Crippen LogP contribution is -2.55. The Hall–Kier alpha value is -6.63. The van der Waals surface area contributed by atoms with Gasteiger partial charge < -0.3 is 39.8 Å². The van der Waals surface area contributed by atoms with Gasteiger partial charge in [-0.2, -0.15) is 0 Å². The summed E-state index contributed by atoms with van der Waals surface area (Å²) < 4.78 is 17.0. The number of rotatable bonds is 22. The van der Waals surface area contributed by atoms with Crippen LogP contribution in [0.3, 0.4) is 0 Å². The van der Waals surface area contributed by atoms with E-state index < -0.39 is 30.0 Å². The number of nitrogens with one attached hydrogen (secondary N) is 2. The second-order valence-electron chi connectivity index (χ2n) is 17.1. The quantitative estimate of drug-likeness (QED) is 0.0372. The third-order valence-electron chi connectivity index (χ3n) is 11.8. The van der Waals surface area contributed by atoms with Crippen molar-refractivity contribution in [2.75, 3.05) is 53.2 Å². The Morgan fingerprint density at radius 2 is 1.55 bits per heavy atom. The van der Waals surface area contributed by atoms with Gasteiger partial charge in [0.15, 0.2) is 0 Å². The Bertz CT molecular complexity index is 2550. The molecule has 1 fully saturated rings. The number of hydrogen-bond donors (Lipinski definition) is 3. The molecule has 0 aliphatic carbocycles. The van der Waals surface area contributed by atoms with Gasteiger partial charge >= 0.3 is 0 Å². The van der Waals surface area contributed by atoms with Crippen LogP contribution in [0.5, 0.6) is 5.75 Å². The number of carbonyl (C=O) groups is 4. The normalized spacial score (nSPS) is 15.1. The van der Waals surface area contributed by atoms with E-state index in [2.05, 4.69) is 95.0 Å². The monoisotopic (exact) mass is 953 g/mol. The van der Waals surface area contributed by atoms with Gasteiger partial charge in [0.1, 0.15) is 44.3 Å². The Balaban J connectivity index is 0.859. The topological polar surface area (TPSA) is 160 Å². The number of aliphatic hydroxyl groups is 1. The number of hydrogen-bond acceptors (Lipinski definition) is 10. The van der Waals surface area contributed by atoms with Gasteiger partial charge in [-0.05, 0) is 70.4 Å². The molecule has 3 atom stereocenters. The molecule has 13 nitrogen and oxygen atoms in total. The molecule has 69 heavy (non-hydrogen) atoms. The molecule has 4 aromatic carbocycles. The first-order valence-electron chi connectivity index (χ1n) is 23.4. The maximum Gasteiger partial charge on any atom is 0.248 e. The number of benzene rings is 4. The largest absolute Gasteiger partial charge is 0.492 e. The van der Waals surface area contributed by atoms with Crippen LogP contribution in [0.15, 0.2) is 115 Å². The first-order chi connectivity index (χ1) is 33.4. The van der Waals surface area contributed by atoms with Crippen LogP contribution in [-0.4, -0.2) is 115 Å². The van der Waals surface area contributed by atoms with Gasteiger partial charge in [-0.15, -0.1) is 11.3 Å². The summed E-state index contributed by atoms with van der Waals surface area (Å²) in [5.41, 5.74) is 10.6. The average molecular weight is 954 g/mol. The van der Waals surface area contributed by atoms with Crippen LogP contribution < -0.4 is 15.4 Å². The Morgan fingerprint density at radius 1 is 0.870 bits per heavy atom. The molecule has 0 saturated carbocycles. The molecule has 0 radical (unpaired) electrons. The second-order valence-corrected chi connectivity index (χ2v) is 18.0.